The minimum atomic E-state index is -4.57. The van der Waals surface area contributed by atoms with Gasteiger partial charge in [0.1, 0.15) is 11.2 Å². The zero-order valence-corrected chi connectivity index (χ0v) is 16.0. The van der Waals surface area contributed by atoms with Gasteiger partial charge in [0.2, 0.25) is 5.91 Å². The fourth-order valence-electron chi connectivity index (χ4n) is 2.35. The van der Waals surface area contributed by atoms with Crippen LogP contribution >= 0.6 is 34.7 Å². The maximum atomic E-state index is 12.8. The highest BCUT2D eigenvalue weighted by Gasteiger charge is 2.31. The predicted molar refractivity (Wildman–Crippen MR) is 101 cm³/mol. The molecular formula is C16H11ClF3N3O2S2. The number of amides is 1. The number of carbonyl (C=O) groups is 1. The number of thiophene rings is 1. The average molecular weight is 434 g/mol. The smallest absolute Gasteiger partial charge is 0.323 e. The number of hydrogen-bond donors (Lipinski definition) is 1. The molecule has 3 aromatic rings. The van der Waals surface area contributed by atoms with Crippen LogP contribution < -0.4 is 10.9 Å². The van der Waals surface area contributed by atoms with Gasteiger partial charge in [-0.25, -0.2) is 4.98 Å². The number of nitrogens with one attached hydrogen (secondary N) is 1. The number of carbonyl (C=O) groups excluding carboxylic acids is 1. The molecule has 142 valence electrons. The lowest BCUT2D eigenvalue weighted by Crippen LogP contribution is -2.29. The van der Waals surface area contributed by atoms with Gasteiger partial charge in [0.05, 0.1) is 21.8 Å². The standard InChI is InChI=1S/C16H11ClF3N3O2S2/c1-26-15-22-10-4-5-27-13(10)14(25)23(15)7-12(24)21-11-6-8(16(18,19)20)2-3-9(11)17/h2-6H,7H2,1H3,(H,21,24). The van der Waals surface area contributed by atoms with E-state index in [4.69, 9.17) is 11.6 Å². The minimum Gasteiger partial charge on any atom is -0.323 e. The van der Waals surface area contributed by atoms with E-state index in [1.807, 2.05) is 0 Å². The Hall–Kier alpha value is -2.04. The molecule has 5 nitrogen and oxygen atoms in total. The molecule has 1 aromatic carbocycles. The molecule has 0 fully saturated rings. The molecule has 1 amide bonds. The molecule has 0 radical (unpaired) electrons. The number of fused-ring (bicyclic) bond motifs is 1. The summed E-state index contributed by atoms with van der Waals surface area (Å²) in [6.07, 6.45) is -2.86. The summed E-state index contributed by atoms with van der Waals surface area (Å²) in [5.74, 6) is -0.689. The molecule has 2 heterocycles. The highest BCUT2D eigenvalue weighted by Crippen LogP contribution is 2.33. The molecule has 27 heavy (non-hydrogen) atoms. The predicted octanol–water partition coefficient (Wildman–Crippen LogP) is 4.49. The molecule has 0 saturated carbocycles. The van der Waals surface area contributed by atoms with Crippen molar-refractivity contribution in [2.45, 2.75) is 17.9 Å². The van der Waals surface area contributed by atoms with Gasteiger partial charge >= 0.3 is 6.18 Å². The Kier molecular flexibility index (Phi) is 5.50. The Morgan fingerprint density at radius 1 is 1.37 bits per heavy atom. The molecule has 0 aliphatic heterocycles. The minimum absolute atomic E-state index is 0.0411. The van der Waals surface area contributed by atoms with Crippen LogP contribution in [0.3, 0.4) is 0 Å². The molecule has 3 rings (SSSR count). The number of alkyl halides is 3. The lowest BCUT2D eigenvalue weighted by atomic mass is 10.2. The van der Waals surface area contributed by atoms with Crippen molar-refractivity contribution in [2.24, 2.45) is 0 Å². The third kappa shape index (κ3) is 4.12. The van der Waals surface area contributed by atoms with Crippen molar-refractivity contribution in [3.8, 4) is 0 Å². The number of thioether (sulfide) groups is 1. The largest absolute Gasteiger partial charge is 0.416 e. The van der Waals surface area contributed by atoms with Crippen LogP contribution in [-0.2, 0) is 17.5 Å². The van der Waals surface area contributed by atoms with Crippen molar-refractivity contribution in [2.75, 3.05) is 11.6 Å². The Bertz CT molecular complexity index is 1080. The van der Waals surface area contributed by atoms with Crippen LogP contribution in [0.4, 0.5) is 18.9 Å². The summed E-state index contributed by atoms with van der Waals surface area (Å²) in [4.78, 5) is 29.2. The molecule has 0 spiro atoms. The summed E-state index contributed by atoms with van der Waals surface area (Å²) >= 11 is 8.27. The first kappa shape index (κ1) is 19.7. The van der Waals surface area contributed by atoms with Gasteiger partial charge in [0, 0.05) is 0 Å². The summed E-state index contributed by atoms with van der Waals surface area (Å²) in [5.41, 5.74) is -0.970. The van der Waals surface area contributed by atoms with Crippen LogP contribution in [0.2, 0.25) is 5.02 Å². The van der Waals surface area contributed by atoms with Crippen LogP contribution in [0.5, 0.6) is 0 Å². The zero-order valence-electron chi connectivity index (χ0n) is 13.6. The normalized spacial score (nSPS) is 11.7. The van der Waals surface area contributed by atoms with Crippen molar-refractivity contribution in [1.29, 1.82) is 0 Å². The first-order valence-corrected chi connectivity index (χ1v) is 9.87. The molecule has 0 bridgehead atoms. The lowest BCUT2D eigenvalue weighted by molar-refractivity contribution is -0.137. The van der Waals surface area contributed by atoms with Gasteiger partial charge in [-0.15, -0.1) is 11.3 Å². The van der Waals surface area contributed by atoms with Gasteiger partial charge in [-0.05, 0) is 35.9 Å². The van der Waals surface area contributed by atoms with Gasteiger partial charge in [0.25, 0.3) is 5.56 Å². The summed E-state index contributed by atoms with van der Waals surface area (Å²) in [6.45, 7) is -0.400. The van der Waals surface area contributed by atoms with Gasteiger partial charge in [-0.2, -0.15) is 13.2 Å². The Balaban J connectivity index is 1.90. The number of benzene rings is 1. The topological polar surface area (TPSA) is 64.0 Å². The van der Waals surface area contributed by atoms with Crippen molar-refractivity contribution in [3.63, 3.8) is 0 Å². The maximum absolute atomic E-state index is 12.8. The van der Waals surface area contributed by atoms with Crippen LogP contribution in [0, 0.1) is 0 Å². The fraction of sp³-hybridized carbons (Fsp3) is 0.188. The van der Waals surface area contributed by atoms with Crippen LogP contribution in [0.15, 0.2) is 39.6 Å². The van der Waals surface area contributed by atoms with E-state index in [0.29, 0.717) is 15.4 Å². The summed E-state index contributed by atoms with van der Waals surface area (Å²) in [5, 5.41) is 4.33. The molecular weight excluding hydrogens is 423 g/mol. The molecule has 1 N–H and O–H groups in total. The second kappa shape index (κ2) is 7.53. The molecule has 0 aliphatic carbocycles. The lowest BCUT2D eigenvalue weighted by Gasteiger charge is -2.13. The fourth-order valence-corrected chi connectivity index (χ4v) is 3.85. The number of rotatable bonds is 4. The number of hydrogen-bond acceptors (Lipinski definition) is 5. The molecule has 0 atom stereocenters. The van der Waals surface area contributed by atoms with Crippen molar-refractivity contribution in [1.82, 2.24) is 9.55 Å². The maximum Gasteiger partial charge on any atom is 0.416 e. The summed E-state index contributed by atoms with van der Waals surface area (Å²) in [6, 6.07) is 4.33. The van der Waals surface area contributed by atoms with Gasteiger partial charge in [0.15, 0.2) is 5.16 Å². The van der Waals surface area contributed by atoms with Gasteiger partial charge in [-0.3, -0.25) is 14.2 Å². The third-order valence-corrected chi connectivity index (χ3v) is 5.48. The Labute approximate surface area is 164 Å². The van der Waals surface area contributed by atoms with E-state index in [1.54, 1.807) is 17.7 Å². The molecule has 0 saturated heterocycles. The number of nitrogens with zero attached hydrogens (tertiary/aromatic N) is 2. The van der Waals surface area contributed by atoms with E-state index in [9.17, 15) is 22.8 Å². The number of halogens is 4. The molecule has 0 unspecified atom stereocenters. The van der Waals surface area contributed by atoms with Crippen molar-refractivity contribution < 1.29 is 18.0 Å². The monoisotopic (exact) mass is 433 g/mol. The quantitative estimate of drug-likeness (QED) is 0.486. The van der Waals surface area contributed by atoms with Crippen molar-refractivity contribution >= 4 is 56.5 Å². The second-order valence-corrected chi connectivity index (χ2v) is 7.46. The van der Waals surface area contributed by atoms with Crippen LogP contribution in [0.25, 0.3) is 10.2 Å². The van der Waals surface area contributed by atoms with E-state index in [0.717, 1.165) is 18.2 Å². The highest BCUT2D eigenvalue weighted by molar-refractivity contribution is 7.98. The van der Waals surface area contributed by atoms with Crippen LogP contribution in [0.1, 0.15) is 5.56 Å². The average Bonchev–Trinajstić information content (AvgIpc) is 3.07. The summed E-state index contributed by atoms with van der Waals surface area (Å²) < 4.78 is 40.1. The number of anilines is 1. The molecule has 0 aliphatic rings. The molecule has 2 aromatic heterocycles. The highest BCUT2D eigenvalue weighted by atomic mass is 35.5. The zero-order chi connectivity index (χ0) is 19.8. The molecule has 11 heteroatoms. The van der Waals surface area contributed by atoms with Crippen molar-refractivity contribution in [3.05, 3.63) is 50.6 Å². The van der Waals surface area contributed by atoms with Crippen LogP contribution in [-0.4, -0.2) is 21.7 Å². The first-order chi connectivity index (χ1) is 12.7. The Morgan fingerprint density at radius 2 is 2.11 bits per heavy atom. The first-order valence-electron chi connectivity index (χ1n) is 7.39. The Morgan fingerprint density at radius 3 is 2.78 bits per heavy atom. The van der Waals surface area contributed by atoms with Gasteiger partial charge in [-0.1, -0.05) is 23.4 Å². The SMILES string of the molecule is CSc1nc2ccsc2c(=O)n1CC(=O)Nc1cc(C(F)(F)F)ccc1Cl. The van der Waals surface area contributed by atoms with E-state index in [-0.39, 0.29) is 16.3 Å². The second-order valence-electron chi connectivity index (χ2n) is 5.37. The van der Waals surface area contributed by atoms with Gasteiger partial charge < -0.3 is 5.32 Å². The van der Waals surface area contributed by atoms with E-state index in [2.05, 4.69) is 10.3 Å². The number of aromatic nitrogens is 2. The van der Waals surface area contributed by atoms with E-state index < -0.39 is 24.2 Å². The van der Waals surface area contributed by atoms with E-state index in [1.165, 1.54) is 27.7 Å². The third-order valence-electron chi connectivity index (χ3n) is 3.58. The summed E-state index contributed by atoms with van der Waals surface area (Å²) in [7, 11) is 0. The van der Waals surface area contributed by atoms with E-state index >= 15 is 0 Å².